The third-order valence-corrected chi connectivity index (χ3v) is 22.5. The van der Waals surface area contributed by atoms with E-state index in [4.69, 9.17) is 16.3 Å². The van der Waals surface area contributed by atoms with Crippen LogP contribution in [0.2, 0.25) is 5.02 Å². The van der Waals surface area contributed by atoms with Gasteiger partial charge in [0.05, 0.1) is 61.9 Å². The number of morpholine rings is 1. The molecule has 4 aliphatic heterocycles. The van der Waals surface area contributed by atoms with Crippen molar-refractivity contribution in [1.82, 2.24) is 60.0 Å². The van der Waals surface area contributed by atoms with Crippen LogP contribution in [0, 0.1) is 18.8 Å². The van der Waals surface area contributed by atoms with Gasteiger partial charge in [-0.15, -0.1) is 0 Å². The summed E-state index contributed by atoms with van der Waals surface area (Å²) < 4.78 is 47.5. The Kier molecular flexibility index (Phi) is 27.1. The standard InChI is InChI=1S/C73H104ClF3N12O13/c1-12-45(4)62-69(99)83(7)40-60(92)81(5)41-61(93)85(9)56(37-47-25-23-44(3)24-26-47)67(97)82(6)39-58(90)78-53(32-28-46-27-31-51(52(74)36-46)73(75,76)77)66(96)88-35-19-22-55(88)65(95)80-72(33-17-18-34-72)71(101)87(11)63(48-20-15-14-16-21-48)70(100)86(10)57(38-59(91)84(8)54(13-2)64(94)79-62)68(98)89-49-29-30-50(89)43-102-42-49/h23-27,31,36,45,48-50,53-57,62-63H,12-22,28-30,32-35,37-43H2,1-11H3,(H,78,90)(H,79,94)(H,80,95)/t45-,49?,50?,53-,54-,55-,56-,57-,62-,63-/m0/s1. The number of ether oxygens (including phenoxy) is 1. The number of hydrogen-bond donors (Lipinski definition) is 3. The number of amides is 12. The van der Waals surface area contributed by atoms with Crippen molar-refractivity contribution < 1.29 is 75.4 Å². The van der Waals surface area contributed by atoms with E-state index in [2.05, 4.69) is 16.0 Å². The second-order valence-corrected chi connectivity index (χ2v) is 29.6. The zero-order chi connectivity index (χ0) is 74.8. The number of hydrogen-bond acceptors (Lipinski definition) is 13. The molecular weight excluding hydrogens is 1350 g/mol. The van der Waals surface area contributed by atoms with Crippen molar-refractivity contribution >= 4 is 82.5 Å². The van der Waals surface area contributed by atoms with Gasteiger partial charge in [-0.1, -0.05) is 107 Å². The van der Waals surface area contributed by atoms with E-state index in [1.54, 1.807) is 30.9 Å². The number of nitrogens with zero attached hydrogens (tertiary/aromatic N) is 9. The molecule has 4 saturated heterocycles. The van der Waals surface area contributed by atoms with Crippen molar-refractivity contribution in [2.24, 2.45) is 11.8 Å². The van der Waals surface area contributed by atoms with Gasteiger partial charge in [-0.25, -0.2) is 0 Å². The third kappa shape index (κ3) is 18.5. The predicted octanol–water partition coefficient (Wildman–Crippen LogP) is 4.75. The molecule has 10 atom stereocenters. The van der Waals surface area contributed by atoms with E-state index < -0.39 is 173 Å². The van der Waals surface area contributed by atoms with Crippen molar-refractivity contribution in [3.05, 3.63) is 69.7 Å². The maximum atomic E-state index is 15.9. The van der Waals surface area contributed by atoms with Gasteiger partial charge in [0.15, 0.2) is 0 Å². The first-order chi connectivity index (χ1) is 48.2. The lowest BCUT2D eigenvalue weighted by Crippen LogP contribution is -2.65. The zero-order valence-corrected chi connectivity index (χ0v) is 61.7. The third-order valence-electron chi connectivity index (χ3n) is 22.1. The topological polar surface area (TPSA) is 279 Å². The van der Waals surface area contributed by atoms with Gasteiger partial charge in [0, 0.05) is 62.3 Å². The fraction of sp³-hybridized carbons (Fsp3) is 0.671. The molecule has 0 radical (unpaired) electrons. The Labute approximate surface area is 601 Å². The maximum absolute atomic E-state index is 15.9. The molecule has 2 aromatic rings. The van der Waals surface area contributed by atoms with Crippen LogP contribution in [0.5, 0.6) is 0 Å². The van der Waals surface area contributed by atoms with Crippen LogP contribution in [0.3, 0.4) is 0 Å². The predicted molar refractivity (Wildman–Crippen MR) is 372 cm³/mol. The summed E-state index contributed by atoms with van der Waals surface area (Å²) in [4.78, 5) is 191. The van der Waals surface area contributed by atoms with Crippen molar-refractivity contribution in [2.45, 2.75) is 216 Å². The van der Waals surface area contributed by atoms with E-state index in [-0.39, 0.29) is 82.4 Å². The molecule has 12 amide bonds. The Bertz CT molecular complexity index is 3410. The van der Waals surface area contributed by atoms with Crippen LogP contribution in [-0.4, -0.2) is 264 Å². The fourth-order valence-corrected chi connectivity index (χ4v) is 15.9. The molecule has 6 fully saturated rings. The molecule has 4 heterocycles. The smallest absolute Gasteiger partial charge is 0.377 e. The number of fused-ring (bicyclic) bond motifs is 3. The van der Waals surface area contributed by atoms with E-state index in [0.717, 1.165) is 56.6 Å². The number of halogens is 4. The van der Waals surface area contributed by atoms with Crippen LogP contribution in [0.4, 0.5) is 13.2 Å². The van der Waals surface area contributed by atoms with Gasteiger partial charge in [0.1, 0.15) is 47.8 Å². The highest BCUT2D eigenvalue weighted by Gasteiger charge is 2.52. The molecule has 3 N–H and O–H groups in total. The van der Waals surface area contributed by atoms with Gasteiger partial charge in [-0.2, -0.15) is 13.2 Å². The number of benzene rings is 2. The normalized spacial score (nSPS) is 27.3. The Morgan fingerprint density at radius 3 is 1.86 bits per heavy atom. The molecule has 2 aromatic carbocycles. The molecule has 6 aliphatic rings. The van der Waals surface area contributed by atoms with E-state index in [9.17, 15) is 41.9 Å². The van der Waals surface area contributed by atoms with Crippen molar-refractivity contribution in [3.63, 3.8) is 0 Å². The van der Waals surface area contributed by atoms with Gasteiger partial charge in [-0.3, -0.25) is 57.5 Å². The van der Waals surface area contributed by atoms with Crippen LogP contribution in [0.25, 0.3) is 0 Å². The molecule has 25 nitrogen and oxygen atoms in total. The van der Waals surface area contributed by atoms with Crippen LogP contribution >= 0.6 is 11.6 Å². The second-order valence-electron chi connectivity index (χ2n) is 29.2. The minimum atomic E-state index is -4.77. The molecule has 2 bridgehead atoms. The summed E-state index contributed by atoms with van der Waals surface area (Å²) in [6, 6.07) is 0.613. The van der Waals surface area contributed by atoms with Crippen molar-refractivity contribution in [1.29, 1.82) is 0 Å². The highest BCUT2D eigenvalue weighted by atomic mass is 35.5. The Morgan fingerprint density at radius 1 is 0.647 bits per heavy atom. The SMILES string of the molecule is CC[C@H](C)[C@@H]1NC(=O)[C@H](CC)N(C)C(=O)C[C@@H](C(=O)N2C3CCC2COC3)N(C)C(=O)[C@H](C2CCCCC2)N(C)C(=O)C2(CCCC2)NC(=O)[C@@H]2CCCN2C(=O)[C@H](CCc2ccc(C(F)(F)F)c(Cl)c2)NC(=O)CN(C)C(=O)[C@H](Cc2ccc(C)cc2)N(C)C(=O)CN(C)C(=O)CN(C)C1=O. The zero-order valence-electron chi connectivity index (χ0n) is 60.9. The van der Waals surface area contributed by atoms with Crippen molar-refractivity contribution in [2.75, 3.05) is 88.7 Å². The molecule has 2 aliphatic carbocycles. The highest BCUT2D eigenvalue weighted by Crippen LogP contribution is 2.39. The van der Waals surface area contributed by atoms with E-state index in [1.807, 2.05) is 26.0 Å². The number of aryl methyl sites for hydroxylation is 2. The maximum Gasteiger partial charge on any atom is 0.417 e. The lowest BCUT2D eigenvalue weighted by Gasteiger charge is -2.44. The first-order valence-corrected chi connectivity index (χ1v) is 36.4. The quantitative estimate of drug-likeness (QED) is 0.290. The summed E-state index contributed by atoms with van der Waals surface area (Å²) >= 11 is 6.16. The molecule has 2 unspecified atom stereocenters. The Morgan fingerprint density at radius 2 is 1.25 bits per heavy atom. The van der Waals surface area contributed by atoms with E-state index in [1.165, 1.54) is 75.0 Å². The lowest BCUT2D eigenvalue weighted by molar-refractivity contribution is -0.159. The van der Waals surface area contributed by atoms with Crippen LogP contribution in [0.1, 0.15) is 152 Å². The minimum Gasteiger partial charge on any atom is -0.377 e. The van der Waals surface area contributed by atoms with Crippen LogP contribution in [-0.2, 0) is 81.3 Å². The fourth-order valence-electron chi connectivity index (χ4n) is 15.6. The molecule has 1 spiro atoms. The number of alkyl halides is 3. The Balaban J connectivity index is 1.17. The van der Waals surface area contributed by atoms with E-state index >= 15 is 28.8 Å². The molecule has 29 heteroatoms. The summed E-state index contributed by atoms with van der Waals surface area (Å²) in [5.74, 6) is -9.02. The van der Waals surface area contributed by atoms with Crippen molar-refractivity contribution in [3.8, 4) is 0 Å². The molecule has 0 aromatic heterocycles. The van der Waals surface area contributed by atoms with Crippen LogP contribution < -0.4 is 16.0 Å². The van der Waals surface area contributed by atoms with Gasteiger partial charge in [-0.05, 0) is 113 Å². The Hall–Kier alpha value is -7.88. The number of likely N-dealkylation sites (N-methyl/N-ethyl adjacent to an activating group) is 7. The summed E-state index contributed by atoms with van der Waals surface area (Å²) in [5, 5.41) is 8.09. The second kappa shape index (κ2) is 34.6. The monoisotopic (exact) mass is 1450 g/mol. The van der Waals surface area contributed by atoms with Gasteiger partial charge < -0.3 is 64.8 Å². The van der Waals surface area contributed by atoms with Gasteiger partial charge in [0.2, 0.25) is 70.9 Å². The highest BCUT2D eigenvalue weighted by molar-refractivity contribution is 6.31. The summed E-state index contributed by atoms with van der Waals surface area (Å²) in [6.07, 6.45) is 1.13. The molecular formula is C73H104ClF3N12O13. The molecule has 8 rings (SSSR count). The first kappa shape index (κ1) is 79.8. The average molecular weight is 1450 g/mol. The number of nitrogens with one attached hydrogen (secondary N) is 3. The van der Waals surface area contributed by atoms with Gasteiger partial charge in [0.25, 0.3) is 0 Å². The van der Waals surface area contributed by atoms with Gasteiger partial charge >= 0.3 is 6.18 Å². The first-order valence-electron chi connectivity index (χ1n) is 36.0. The number of rotatable bonds is 10. The van der Waals surface area contributed by atoms with Crippen LogP contribution in [0.15, 0.2) is 42.5 Å². The molecule has 562 valence electrons. The molecule has 2 saturated carbocycles. The summed E-state index contributed by atoms with van der Waals surface area (Å²) in [7, 11) is 9.79. The largest absolute Gasteiger partial charge is 0.417 e. The summed E-state index contributed by atoms with van der Waals surface area (Å²) in [5.41, 5.74) is -0.840. The van der Waals surface area contributed by atoms with E-state index in [0.29, 0.717) is 56.9 Å². The summed E-state index contributed by atoms with van der Waals surface area (Å²) in [6.45, 7) is 5.80. The number of carbonyl (C=O) groups is 12. The minimum absolute atomic E-state index is 0.0189. The lowest BCUT2D eigenvalue weighted by atomic mass is 9.81. The molecule has 102 heavy (non-hydrogen) atoms. The number of carbonyl (C=O) groups excluding carboxylic acids is 12. The average Bonchev–Trinajstić information content (AvgIpc) is 1.46.